The van der Waals surface area contributed by atoms with Crippen LogP contribution < -0.4 is 53.2 Å². The van der Waals surface area contributed by atoms with E-state index in [0.29, 0.717) is 0 Å². The van der Waals surface area contributed by atoms with E-state index in [1.807, 2.05) is 4.98 Å². The summed E-state index contributed by atoms with van der Waals surface area (Å²) < 4.78 is 17.6. The van der Waals surface area contributed by atoms with Crippen molar-refractivity contribution >= 4 is 35.7 Å². The van der Waals surface area contributed by atoms with Crippen molar-refractivity contribution in [2.45, 2.75) is 107 Å². The molecule has 0 aromatic carbocycles. The van der Waals surface area contributed by atoms with E-state index in [4.69, 9.17) is 19.3 Å². The number of furan rings is 1. The lowest BCUT2D eigenvalue weighted by Gasteiger charge is -2.34. The minimum atomic E-state index is -1.81. The predicted molar refractivity (Wildman–Crippen MR) is 209 cm³/mol. The van der Waals surface area contributed by atoms with Crippen LogP contribution in [-0.4, -0.2) is 151 Å². The Kier molecular flexibility index (Phi) is 16.8. The molecule has 4 rings (SSSR count). The van der Waals surface area contributed by atoms with Crippen LogP contribution in [0.5, 0.6) is 5.95 Å². The molecule has 2 aliphatic heterocycles. The van der Waals surface area contributed by atoms with Crippen LogP contribution in [0.4, 0.5) is 4.79 Å². The van der Waals surface area contributed by atoms with Gasteiger partial charge in [0.15, 0.2) is 18.3 Å². The van der Waals surface area contributed by atoms with Crippen LogP contribution in [-0.2, 0) is 23.9 Å². The first-order chi connectivity index (χ1) is 28.8. The Morgan fingerprint density at radius 1 is 0.934 bits per heavy atom. The molecule has 25 heteroatoms. The number of aliphatic hydroxyl groups is 3. The Hall–Kier alpha value is -6.02. The number of aromatic nitrogens is 2. The molecule has 0 aliphatic carbocycles. The highest BCUT2D eigenvalue weighted by atomic mass is 16.6. The van der Waals surface area contributed by atoms with Crippen LogP contribution in [0.15, 0.2) is 44.7 Å². The molecule has 0 saturated carbocycles. The van der Waals surface area contributed by atoms with Gasteiger partial charge in [-0.2, -0.15) is 0 Å². The molecule has 61 heavy (non-hydrogen) atoms. The molecule has 338 valence electrons. The van der Waals surface area contributed by atoms with Crippen molar-refractivity contribution in [2.75, 3.05) is 19.6 Å². The van der Waals surface area contributed by atoms with E-state index >= 15 is 0 Å². The molecule has 25 nitrogen and oxygen atoms in total. The van der Waals surface area contributed by atoms with E-state index in [1.54, 1.807) is 27.7 Å². The van der Waals surface area contributed by atoms with Crippen molar-refractivity contribution in [1.82, 2.24) is 46.8 Å². The van der Waals surface area contributed by atoms with E-state index in [0.717, 1.165) is 16.8 Å². The number of aromatic amines is 1. The van der Waals surface area contributed by atoms with E-state index in [1.165, 1.54) is 18.4 Å². The van der Waals surface area contributed by atoms with Gasteiger partial charge in [0.1, 0.15) is 42.5 Å². The number of hydrogen-bond donors (Lipinski definition) is 14. The van der Waals surface area contributed by atoms with Crippen molar-refractivity contribution in [3.63, 3.8) is 0 Å². The molecule has 2 aromatic heterocycles. The lowest BCUT2D eigenvalue weighted by atomic mass is 9.97. The average molecular weight is 867 g/mol. The lowest BCUT2D eigenvalue weighted by molar-refractivity contribution is -0.148. The number of aliphatic carboxylic acids is 2. The Bertz CT molecular complexity index is 1960. The monoisotopic (exact) mass is 866 g/mol. The number of carbonyl (C=O) groups excluding carboxylic acids is 3. The van der Waals surface area contributed by atoms with Crippen molar-refractivity contribution in [1.29, 1.82) is 5.41 Å². The van der Waals surface area contributed by atoms with Gasteiger partial charge in [0.05, 0.1) is 18.4 Å². The highest BCUT2D eigenvalue weighted by Gasteiger charge is 2.52. The van der Waals surface area contributed by atoms with Crippen molar-refractivity contribution in [2.24, 2.45) is 11.8 Å². The molecular weight excluding hydrogens is 812 g/mol. The number of aliphatic hydroxyl groups excluding tert-OH is 3. The van der Waals surface area contributed by atoms with Gasteiger partial charge in [-0.1, -0.05) is 27.7 Å². The molecule has 11 atom stereocenters. The van der Waals surface area contributed by atoms with Gasteiger partial charge in [0, 0.05) is 31.4 Å². The van der Waals surface area contributed by atoms with Gasteiger partial charge < -0.3 is 76.6 Å². The molecule has 2 fully saturated rings. The molecular formula is C36H54N10O15. The molecule has 4 heterocycles. The minimum Gasteiger partial charge on any atom is -0.480 e. The summed E-state index contributed by atoms with van der Waals surface area (Å²) in [6.07, 6.45) is -7.29. The molecule has 0 bridgehead atoms. The predicted octanol–water partition coefficient (Wildman–Crippen LogP) is -4.09. The third-order valence-corrected chi connectivity index (χ3v) is 9.97. The topological polar surface area (TPSA) is 381 Å². The van der Waals surface area contributed by atoms with Gasteiger partial charge in [-0.05, 0) is 37.3 Å². The molecule has 2 aliphatic rings. The Morgan fingerprint density at radius 2 is 1.64 bits per heavy atom. The summed E-state index contributed by atoms with van der Waals surface area (Å²) in [6, 6.07) is -4.11. The molecule has 2 saturated heterocycles. The first-order valence-corrected chi connectivity index (χ1v) is 19.4. The maximum absolute atomic E-state index is 13.8. The smallest absolute Gasteiger partial charge is 0.330 e. The number of nitrogens with one attached hydrogen (secondary N) is 9. The van der Waals surface area contributed by atoms with Gasteiger partial charge in [-0.25, -0.2) is 14.4 Å². The molecule has 6 unspecified atom stereocenters. The summed E-state index contributed by atoms with van der Waals surface area (Å²) in [5.74, 6) is -5.98. The minimum absolute atomic E-state index is 0.0413. The number of hydrogen-bond acceptors (Lipinski definition) is 15. The van der Waals surface area contributed by atoms with Crippen LogP contribution >= 0.6 is 0 Å². The van der Waals surface area contributed by atoms with Crippen molar-refractivity contribution < 1.29 is 63.4 Å². The number of urea groups is 1. The standard InChI is InChI=1S/C36H54N10O15/c1-15(2)20(32(53)54)44-35(57)45-21(17-8-12-40-34(37)41-17)30(52)43-22(24(48)16(3)4)29(51)39-11-6-10-38-23(33(55)56)27(60-19-7-5-14-59-19)28-25(49)26(50)31(61-28)46-13-9-18(47)42-36(46)58/h5,7,9,13-17,20-28,31,38,48-50H,6,8,10-12H2,1-4H3,(H,39,51)(H,43,52)(H,53,54)(H,55,56)(H3,37,40,41)(H,42,47,58)(H2,44,45,57)/t17?,20?,21?,22?,23?,24?,25-,26+,27-,28+,31-/m1/s1. The normalized spacial score (nSPS) is 23.0. The lowest BCUT2D eigenvalue weighted by Crippen LogP contribution is -2.67. The second kappa shape index (κ2) is 21.5. The van der Waals surface area contributed by atoms with Crippen LogP contribution in [0.25, 0.3) is 0 Å². The number of guanidine groups is 1. The average Bonchev–Trinajstić information content (AvgIpc) is 3.81. The van der Waals surface area contributed by atoms with Gasteiger partial charge in [-0.15, -0.1) is 0 Å². The maximum atomic E-state index is 13.8. The fraction of sp³-hybridized carbons (Fsp3) is 0.611. The zero-order valence-corrected chi connectivity index (χ0v) is 33.7. The van der Waals surface area contributed by atoms with Gasteiger partial charge in [0.25, 0.3) is 11.5 Å². The summed E-state index contributed by atoms with van der Waals surface area (Å²) in [4.78, 5) is 90.7. The second-order valence-corrected chi connectivity index (χ2v) is 15.1. The summed E-state index contributed by atoms with van der Waals surface area (Å²) in [6.45, 7) is 6.31. The number of rotatable bonds is 21. The maximum Gasteiger partial charge on any atom is 0.330 e. The third-order valence-electron chi connectivity index (χ3n) is 9.97. The number of carboxylic acid groups (broad SMARTS) is 2. The van der Waals surface area contributed by atoms with Crippen LogP contribution in [0, 0.1) is 17.2 Å². The second-order valence-electron chi connectivity index (χ2n) is 15.1. The zero-order chi connectivity index (χ0) is 45.1. The highest BCUT2D eigenvalue weighted by molar-refractivity contribution is 5.94. The molecule has 14 N–H and O–H groups in total. The van der Waals surface area contributed by atoms with E-state index in [2.05, 4.69) is 37.2 Å². The van der Waals surface area contributed by atoms with Crippen LogP contribution in [0.3, 0.4) is 0 Å². The quantitative estimate of drug-likeness (QED) is 0.0530. The largest absolute Gasteiger partial charge is 0.480 e. The van der Waals surface area contributed by atoms with Crippen molar-refractivity contribution in [3.05, 3.63) is 51.5 Å². The summed E-state index contributed by atoms with van der Waals surface area (Å²) in [5.41, 5.74) is -1.70. The van der Waals surface area contributed by atoms with E-state index in [9.17, 15) is 59.1 Å². The summed E-state index contributed by atoms with van der Waals surface area (Å²) >= 11 is 0. The fourth-order valence-electron chi connectivity index (χ4n) is 6.65. The van der Waals surface area contributed by atoms with Crippen molar-refractivity contribution in [3.8, 4) is 5.95 Å². The van der Waals surface area contributed by atoms with Gasteiger partial charge in [0.2, 0.25) is 11.8 Å². The van der Waals surface area contributed by atoms with Crippen LogP contribution in [0.1, 0.15) is 46.8 Å². The number of carbonyl (C=O) groups is 5. The molecule has 4 amide bonds. The third kappa shape index (κ3) is 12.5. The summed E-state index contributed by atoms with van der Waals surface area (Å²) in [7, 11) is 0. The molecule has 0 radical (unpaired) electrons. The number of H-pyrrole nitrogens is 1. The van der Waals surface area contributed by atoms with E-state index in [-0.39, 0.29) is 44.4 Å². The summed E-state index contributed by atoms with van der Waals surface area (Å²) in [5, 5.41) is 78.7. The van der Waals surface area contributed by atoms with Gasteiger partial charge >= 0.3 is 23.7 Å². The number of amides is 4. The zero-order valence-electron chi connectivity index (χ0n) is 33.7. The van der Waals surface area contributed by atoms with E-state index < -0.39 is 120 Å². The number of ether oxygens (including phenoxy) is 2. The first-order valence-electron chi connectivity index (χ1n) is 19.4. The highest BCUT2D eigenvalue weighted by Crippen LogP contribution is 2.33. The number of nitrogens with zero attached hydrogens (tertiary/aromatic N) is 1. The Morgan fingerprint density at radius 3 is 2.23 bits per heavy atom. The Labute approximate surface area is 347 Å². The SMILES string of the molecule is CC(C)C(NC(=O)NC(C(=O)NC(C(=O)NCCCNC(C(=O)O)[C@@H](Oc1ccco1)[C@H]1O[C@@H](n2ccc(=O)[nH]c2=O)[C@@H](O)[C@H]1O)C(O)C(C)C)C1CCNC(=N)N1)C(=O)O. The number of carboxylic acids is 2. The Balaban J connectivity index is 1.44. The first kappa shape index (κ1) is 47.7. The van der Waals surface area contributed by atoms with Gasteiger partial charge in [-0.3, -0.25) is 34.1 Å². The molecule has 0 spiro atoms. The van der Waals surface area contributed by atoms with Crippen LogP contribution in [0.2, 0.25) is 0 Å². The fourth-order valence-corrected chi connectivity index (χ4v) is 6.65. The molecule has 2 aromatic rings.